The van der Waals surface area contributed by atoms with Crippen LogP contribution in [0, 0.1) is 0 Å². The van der Waals surface area contributed by atoms with E-state index in [1.54, 1.807) is 0 Å². The van der Waals surface area contributed by atoms with E-state index in [-0.39, 0.29) is 0 Å². The lowest BCUT2D eigenvalue weighted by Crippen LogP contribution is -2.13. The third-order valence-corrected chi connectivity index (χ3v) is 2.69. The largest absolute Gasteiger partial charge is 0.488 e. The minimum Gasteiger partial charge on any atom is -0.488 e. The first-order valence-corrected chi connectivity index (χ1v) is 6.67. The van der Waals surface area contributed by atoms with Crippen molar-refractivity contribution in [1.29, 1.82) is 0 Å². The molecule has 0 aromatic heterocycles. The summed E-state index contributed by atoms with van der Waals surface area (Å²) in [6.45, 7) is 8.06. The van der Waals surface area contributed by atoms with Gasteiger partial charge in [-0.1, -0.05) is 45.4 Å². The third-order valence-electron chi connectivity index (χ3n) is 1.97. The van der Waals surface area contributed by atoms with Gasteiger partial charge in [0.15, 0.2) is 0 Å². The van der Waals surface area contributed by atoms with Gasteiger partial charge in [-0.25, -0.2) is 0 Å². The third kappa shape index (κ3) is 4.68. The van der Waals surface area contributed by atoms with Crippen molar-refractivity contribution in [2.75, 3.05) is 13.2 Å². The quantitative estimate of drug-likeness (QED) is 0.843. The predicted molar refractivity (Wildman–Crippen MR) is 75.1 cm³/mol. The summed E-state index contributed by atoms with van der Waals surface area (Å²) in [6, 6.07) is 6.00. The molecule has 0 saturated carbocycles. The molecule has 88 valence electrons. The standard InChI is InChI=1S/C12H15Br2NO/c1-3-15-7-10-6-11(14)4-5-12(10)16-8-9(2)13/h4-6,15H,2-3,7-8H2,1H3. The lowest BCUT2D eigenvalue weighted by molar-refractivity contribution is 0.355. The number of hydrogen-bond donors (Lipinski definition) is 1. The van der Waals surface area contributed by atoms with Crippen LogP contribution in [-0.4, -0.2) is 13.2 Å². The highest BCUT2D eigenvalue weighted by molar-refractivity contribution is 9.11. The Morgan fingerprint density at radius 1 is 1.50 bits per heavy atom. The fourth-order valence-electron chi connectivity index (χ4n) is 1.24. The first-order valence-electron chi connectivity index (χ1n) is 5.08. The maximum atomic E-state index is 5.64. The van der Waals surface area contributed by atoms with Crippen LogP contribution in [0.4, 0.5) is 0 Å². The average molecular weight is 349 g/mol. The molecule has 4 heteroatoms. The molecule has 0 saturated heterocycles. The normalized spacial score (nSPS) is 10.2. The van der Waals surface area contributed by atoms with Crippen molar-refractivity contribution in [3.05, 3.63) is 39.3 Å². The second-order valence-electron chi connectivity index (χ2n) is 3.34. The van der Waals surface area contributed by atoms with Gasteiger partial charge < -0.3 is 10.1 Å². The number of rotatable bonds is 6. The van der Waals surface area contributed by atoms with E-state index in [1.165, 1.54) is 0 Å². The Morgan fingerprint density at radius 3 is 2.88 bits per heavy atom. The summed E-state index contributed by atoms with van der Waals surface area (Å²) in [6.07, 6.45) is 0. The molecule has 0 bridgehead atoms. The molecule has 1 aromatic carbocycles. The topological polar surface area (TPSA) is 21.3 Å². The summed E-state index contributed by atoms with van der Waals surface area (Å²) >= 11 is 6.74. The number of ether oxygens (including phenoxy) is 1. The van der Waals surface area contributed by atoms with E-state index in [2.05, 4.69) is 56.7 Å². The average Bonchev–Trinajstić information content (AvgIpc) is 2.24. The second kappa shape index (κ2) is 7.09. The Labute approximate surface area is 113 Å². The van der Waals surface area contributed by atoms with Crippen molar-refractivity contribution in [2.24, 2.45) is 0 Å². The zero-order valence-corrected chi connectivity index (χ0v) is 12.4. The second-order valence-corrected chi connectivity index (χ2v) is 5.38. The fraction of sp³-hybridized carbons (Fsp3) is 0.333. The summed E-state index contributed by atoms with van der Waals surface area (Å²) in [5.74, 6) is 0.893. The summed E-state index contributed by atoms with van der Waals surface area (Å²) in [7, 11) is 0. The van der Waals surface area contributed by atoms with Gasteiger partial charge in [-0.2, -0.15) is 0 Å². The van der Waals surface area contributed by atoms with Crippen molar-refractivity contribution in [3.8, 4) is 5.75 Å². The predicted octanol–water partition coefficient (Wildman–Crippen LogP) is 3.85. The molecule has 0 fully saturated rings. The molecule has 0 aliphatic carbocycles. The maximum absolute atomic E-state index is 5.64. The first-order chi connectivity index (χ1) is 7.63. The number of benzene rings is 1. The Morgan fingerprint density at radius 2 is 2.25 bits per heavy atom. The summed E-state index contributed by atoms with van der Waals surface area (Å²) in [5.41, 5.74) is 1.14. The molecule has 2 nitrogen and oxygen atoms in total. The highest BCUT2D eigenvalue weighted by Gasteiger charge is 2.04. The monoisotopic (exact) mass is 347 g/mol. The van der Waals surface area contributed by atoms with Crippen LogP contribution >= 0.6 is 31.9 Å². The smallest absolute Gasteiger partial charge is 0.124 e. The Kier molecular flexibility index (Phi) is 6.09. The Balaban J connectivity index is 2.76. The van der Waals surface area contributed by atoms with Gasteiger partial charge in [0.05, 0.1) is 0 Å². The number of nitrogens with one attached hydrogen (secondary N) is 1. The summed E-state index contributed by atoms with van der Waals surface area (Å²) < 4.78 is 7.54. The van der Waals surface area contributed by atoms with Crippen LogP contribution in [0.15, 0.2) is 33.7 Å². The molecule has 0 aliphatic rings. The zero-order valence-electron chi connectivity index (χ0n) is 9.22. The van der Waals surface area contributed by atoms with Crippen LogP contribution in [0.3, 0.4) is 0 Å². The van der Waals surface area contributed by atoms with Crippen molar-refractivity contribution in [2.45, 2.75) is 13.5 Å². The molecule has 1 aromatic rings. The number of halogens is 2. The lowest BCUT2D eigenvalue weighted by Gasteiger charge is -2.11. The molecular weight excluding hydrogens is 334 g/mol. The molecule has 0 spiro atoms. The van der Waals surface area contributed by atoms with E-state index in [0.717, 1.165) is 33.4 Å². The molecule has 0 amide bonds. The van der Waals surface area contributed by atoms with Crippen molar-refractivity contribution < 1.29 is 4.74 Å². The zero-order chi connectivity index (χ0) is 12.0. The van der Waals surface area contributed by atoms with Gasteiger partial charge in [0, 0.05) is 21.1 Å². The summed E-state index contributed by atoms with van der Waals surface area (Å²) in [5, 5.41) is 3.28. The van der Waals surface area contributed by atoms with Crippen LogP contribution in [0.5, 0.6) is 5.75 Å². The van der Waals surface area contributed by atoms with Crippen LogP contribution in [0.1, 0.15) is 12.5 Å². The van der Waals surface area contributed by atoms with Gasteiger partial charge in [-0.15, -0.1) is 0 Å². The van der Waals surface area contributed by atoms with Crippen LogP contribution < -0.4 is 10.1 Å². The van der Waals surface area contributed by atoms with Gasteiger partial charge in [-0.05, 0) is 24.7 Å². The molecule has 0 unspecified atom stereocenters. The van der Waals surface area contributed by atoms with E-state index in [1.807, 2.05) is 12.1 Å². The van der Waals surface area contributed by atoms with Gasteiger partial charge in [0.25, 0.3) is 0 Å². The minimum absolute atomic E-state index is 0.487. The molecule has 16 heavy (non-hydrogen) atoms. The highest BCUT2D eigenvalue weighted by Crippen LogP contribution is 2.23. The molecule has 0 atom stereocenters. The van der Waals surface area contributed by atoms with E-state index in [4.69, 9.17) is 4.74 Å². The molecule has 1 N–H and O–H groups in total. The van der Waals surface area contributed by atoms with Crippen molar-refractivity contribution in [1.82, 2.24) is 5.32 Å². The number of hydrogen-bond acceptors (Lipinski definition) is 2. The molecule has 0 aliphatic heterocycles. The van der Waals surface area contributed by atoms with E-state index < -0.39 is 0 Å². The van der Waals surface area contributed by atoms with Crippen LogP contribution in [-0.2, 0) is 6.54 Å². The van der Waals surface area contributed by atoms with Gasteiger partial charge in [0.1, 0.15) is 12.4 Å². The molecule has 0 heterocycles. The van der Waals surface area contributed by atoms with Crippen LogP contribution in [0.25, 0.3) is 0 Å². The van der Waals surface area contributed by atoms with Crippen molar-refractivity contribution in [3.63, 3.8) is 0 Å². The van der Waals surface area contributed by atoms with Crippen molar-refractivity contribution >= 4 is 31.9 Å². The SMILES string of the molecule is C=C(Br)COc1ccc(Br)cc1CNCC. The van der Waals surface area contributed by atoms with Gasteiger partial charge in [0.2, 0.25) is 0 Å². The molecular formula is C12H15Br2NO. The van der Waals surface area contributed by atoms with Crippen LogP contribution in [0.2, 0.25) is 0 Å². The molecule has 0 radical (unpaired) electrons. The lowest BCUT2D eigenvalue weighted by atomic mass is 10.2. The summed E-state index contributed by atoms with van der Waals surface area (Å²) in [4.78, 5) is 0. The highest BCUT2D eigenvalue weighted by atomic mass is 79.9. The molecule has 1 rings (SSSR count). The Bertz CT molecular complexity index is 366. The minimum atomic E-state index is 0.487. The fourth-order valence-corrected chi connectivity index (χ4v) is 1.77. The van der Waals surface area contributed by atoms with Gasteiger partial charge >= 0.3 is 0 Å². The van der Waals surface area contributed by atoms with E-state index in [9.17, 15) is 0 Å². The Hall–Kier alpha value is -0.320. The first kappa shape index (κ1) is 13.7. The maximum Gasteiger partial charge on any atom is 0.124 e. The van der Waals surface area contributed by atoms with Gasteiger partial charge in [-0.3, -0.25) is 0 Å². The van der Waals surface area contributed by atoms with E-state index >= 15 is 0 Å². The van der Waals surface area contributed by atoms with E-state index in [0.29, 0.717) is 6.61 Å².